The van der Waals surface area contributed by atoms with Crippen LogP contribution in [-0.4, -0.2) is 39.3 Å². The van der Waals surface area contributed by atoms with Crippen molar-refractivity contribution in [1.82, 2.24) is 10.6 Å². The molecule has 2 aromatic rings. The van der Waals surface area contributed by atoms with Gasteiger partial charge in [-0.25, -0.2) is 0 Å². The SMILES string of the molecule is CN=C(NCc1cccs1)NCc1ccc(N2CCOCC2)cc1C(F)(F)F.I. The monoisotopic (exact) mass is 540 g/mol. The first-order chi connectivity index (χ1) is 13.5. The summed E-state index contributed by atoms with van der Waals surface area (Å²) in [6, 6.07) is 8.43. The number of rotatable bonds is 5. The van der Waals surface area contributed by atoms with E-state index in [0.717, 1.165) is 4.88 Å². The topological polar surface area (TPSA) is 48.9 Å². The summed E-state index contributed by atoms with van der Waals surface area (Å²) in [6.45, 7) is 2.83. The summed E-state index contributed by atoms with van der Waals surface area (Å²) in [6.07, 6.45) is -4.42. The van der Waals surface area contributed by atoms with Crippen LogP contribution in [0.25, 0.3) is 0 Å². The van der Waals surface area contributed by atoms with Crippen molar-refractivity contribution >= 4 is 47.0 Å². The Morgan fingerprint density at radius 3 is 2.52 bits per heavy atom. The van der Waals surface area contributed by atoms with Crippen molar-refractivity contribution in [2.24, 2.45) is 4.99 Å². The smallest absolute Gasteiger partial charge is 0.378 e. The zero-order valence-electron chi connectivity index (χ0n) is 16.0. The van der Waals surface area contributed by atoms with Crippen molar-refractivity contribution in [2.45, 2.75) is 19.3 Å². The molecule has 1 fully saturated rings. The van der Waals surface area contributed by atoms with Crippen molar-refractivity contribution in [3.05, 3.63) is 51.7 Å². The van der Waals surface area contributed by atoms with Crippen molar-refractivity contribution < 1.29 is 17.9 Å². The molecule has 0 unspecified atom stereocenters. The molecular formula is C19H24F3IN4OS. The zero-order valence-corrected chi connectivity index (χ0v) is 19.1. The second-order valence-corrected chi connectivity index (χ2v) is 7.33. The highest BCUT2D eigenvalue weighted by atomic mass is 127. The molecule has 0 spiro atoms. The van der Waals surface area contributed by atoms with Crippen LogP contribution in [0, 0.1) is 0 Å². The third kappa shape index (κ3) is 6.75. The van der Waals surface area contributed by atoms with E-state index in [1.165, 1.54) is 12.1 Å². The minimum Gasteiger partial charge on any atom is -0.378 e. The van der Waals surface area contributed by atoms with Gasteiger partial charge in [0.2, 0.25) is 0 Å². The van der Waals surface area contributed by atoms with E-state index in [4.69, 9.17) is 4.74 Å². The van der Waals surface area contributed by atoms with Crippen LogP contribution >= 0.6 is 35.3 Å². The van der Waals surface area contributed by atoms with Crippen molar-refractivity contribution in [3.63, 3.8) is 0 Å². The fourth-order valence-corrected chi connectivity index (χ4v) is 3.63. The van der Waals surface area contributed by atoms with E-state index in [9.17, 15) is 13.2 Å². The number of nitrogens with zero attached hydrogens (tertiary/aromatic N) is 2. The lowest BCUT2D eigenvalue weighted by atomic mass is 10.0. The Morgan fingerprint density at radius 1 is 1.17 bits per heavy atom. The molecule has 1 aromatic carbocycles. The Hall–Kier alpha value is -1.53. The van der Waals surface area contributed by atoms with Crippen LogP contribution in [0.4, 0.5) is 18.9 Å². The van der Waals surface area contributed by atoms with Gasteiger partial charge in [0, 0.05) is 37.2 Å². The number of aliphatic imine (C=N–C) groups is 1. The number of morpholine rings is 1. The molecule has 1 aliphatic heterocycles. The maximum Gasteiger partial charge on any atom is 0.416 e. The number of hydrogen-bond acceptors (Lipinski definition) is 4. The number of guanidine groups is 1. The van der Waals surface area contributed by atoms with Gasteiger partial charge in [-0.15, -0.1) is 35.3 Å². The number of alkyl halides is 3. The lowest BCUT2D eigenvalue weighted by molar-refractivity contribution is -0.138. The standard InChI is InChI=1S/C19H23F3N4OS.HI/c1-23-18(25-13-16-3-2-10-28-16)24-12-14-4-5-15(11-17(14)19(20,21)22)26-6-8-27-9-7-26;/h2-5,10-11H,6-9,12-13H2,1H3,(H2,23,24,25);1H. The van der Waals surface area contributed by atoms with Crippen LogP contribution in [0.2, 0.25) is 0 Å². The molecule has 3 rings (SSSR count). The average Bonchev–Trinajstić information content (AvgIpc) is 3.22. The molecule has 0 amide bonds. The molecule has 0 radical (unpaired) electrons. The first-order valence-corrected chi connectivity index (χ1v) is 9.85. The summed E-state index contributed by atoms with van der Waals surface area (Å²) in [5.74, 6) is 0.457. The molecule has 0 bridgehead atoms. The molecule has 2 heterocycles. The van der Waals surface area contributed by atoms with Crippen LogP contribution in [0.5, 0.6) is 0 Å². The molecule has 29 heavy (non-hydrogen) atoms. The predicted octanol–water partition coefficient (Wildman–Crippen LogP) is 4.09. The fraction of sp³-hybridized carbons (Fsp3) is 0.421. The molecule has 2 N–H and O–H groups in total. The fourth-order valence-electron chi connectivity index (χ4n) is 2.98. The molecular weight excluding hydrogens is 516 g/mol. The van der Waals surface area contributed by atoms with Crippen LogP contribution in [-0.2, 0) is 24.0 Å². The number of anilines is 1. The second-order valence-electron chi connectivity index (χ2n) is 6.30. The molecule has 160 valence electrons. The molecule has 1 saturated heterocycles. The van der Waals surface area contributed by atoms with Crippen LogP contribution in [0.3, 0.4) is 0 Å². The average molecular weight is 540 g/mol. The molecule has 0 aliphatic carbocycles. The highest BCUT2D eigenvalue weighted by Gasteiger charge is 2.34. The maximum absolute atomic E-state index is 13.6. The van der Waals surface area contributed by atoms with Gasteiger partial charge in [-0.3, -0.25) is 4.99 Å². The Kier molecular flexibility index (Phi) is 9.03. The Labute approximate surface area is 189 Å². The van der Waals surface area contributed by atoms with E-state index >= 15 is 0 Å². The summed E-state index contributed by atoms with van der Waals surface area (Å²) in [7, 11) is 1.59. The molecule has 1 aliphatic rings. The summed E-state index contributed by atoms with van der Waals surface area (Å²) in [4.78, 5) is 7.11. The van der Waals surface area contributed by atoms with Gasteiger partial charge >= 0.3 is 6.18 Å². The van der Waals surface area contributed by atoms with Gasteiger partial charge in [-0.1, -0.05) is 12.1 Å². The number of hydrogen-bond donors (Lipinski definition) is 2. The molecule has 10 heteroatoms. The summed E-state index contributed by atoms with van der Waals surface area (Å²) in [5.41, 5.74) is 0.126. The van der Waals surface area contributed by atoms with E-state index in [2.05, 4.69) is 15.6 Å². The summed E-state index contributed by atoms with van der Waals surface area (Å²) < 4.78 is 46.1. The number of halogens is 4. The first-order valence-electron chi connectivity index (χ1n) is 8.97. The lowest BCUT2D eigenvalue weighted by Gasteiger charge is -2.29. The normalized spacial score (nSPS) is 15.0. The minimum atomic E-state index is -4.42. The third-order valence-corrected chi connectivity index (χ3v) is 5.33. The van der Waals surface area contributed by atoms with E-state index in [1.807, 2.05) is 22.4 Å². The second kappa shape index (κ2) is 11.0. The van der Waals surface area contributed by atoms with Crippen LogP contribution in [0.15, 0.2) is 40.7 Å². The van der Waals surface area contributed by atoms with Gasteiger partial charge in [-0.2, -0.15) is 13.2 Å². The number of ether oxygens (including phenoxy) is 1. The van der Waals surface area contributed by atoms with Crippen molar-refractivity contribution in [1.29, 1.82) is 0 Å². The summed E-state index contributed by atoms with van der Waals surface area (Å²) >= 11 is 1.60. The van der Waals surface area contributed by atoms with E-state index in [1.54, 1.807) is 24.5 Å². The van der Waals surface area contributed by atoms with Gasteiger partial charge < -0.3 is 20.3 Å². The quantitative estimate of drug-likeness (QED) is 0.341. The lowest BCUT2D eigenvalue weighted by Crippen LogP contribution is -2.37. The highest BCUT2D eigenvalue weighted by molar-refractivity contribution is 14.0. The van der Waals surface area contributed by atoms with E-state index in [-0.39, 0.29) is 36.1 Å². The molecule has 0 saturated carbocycles. The van der Waals surface area contributed by atoms with Gasteiger partial charge in [0.05, 0.1) is 25.3 Å². The minimum absolute atomic E-state index is 0. The number of benzene rings is 1. The largest absolute Gasteiger partial charge is 0.416 e. The van der Waals surface area contributed by atoms with Crippen molar-refractivity contribution in [2.75, 3.05) is 38.3 Å². The number of thiophene rings is 1. The Bertz CT molecular complexity index is 793. The van der Waals surface area contributed by atoms with Crippen molar-refractivity contribution in [3.8, 4) is 0 Å². The maximum atomic E-state index is 13.6. The first kappa shape index (κ1) is 23.7. The van der Waals surface area contributed by atoms with Crippen LogP contribution < -0.4 is 15.5 Å². The van der Waals surface area contributed by atoms with E-state index in [0.29, 0.717) is 44.5 Å². The summed E-state index contributed by atoms with van der Waals surface area (Å²) in [5, 5.41) is 8.05. The number of nitrogens with one attached hydrogen (secondary N) is 2. The van der Waals surface area contributed by atoms with Gasteiger partial charge in [0.25, 0.3) is 0 Å². The van der Waals surface area contributed by atoms with Gasteiger partial charge in [0.15, 0.2) is 5.96 Å². The Morgan fingerprint density at radius 2 is 1.90 bits per heavy atom. The molecule has 5 nitrogen and oxygen atoms in total. The Balaban J connectivity index is 0.00000300. The predicted molar refractivity (Wildman–Crippen MR) is 121 cm³/mol. The van der Waals surface area contributed by atoms with Gasteiger partial charge in [0.1, 0.15) is 0 Å². The molecule has 0 atom stereocenters. The van der Waals surface area contributed by atoms with Gasteiger partial charge in [-0.05, 0) is 29.1 Å². The van der Waals surface area contributed by atoms with Crippen LogP contribution in [0.1, 0.15) is 16.0 Å². The zero-order chi connectivity index (χ0) is 20.0. The highest BCUT2D eigenvalue weighted by Crippen LogP contribution is 2.35. The van der Waals surface area contributed by atoms with E-state index < -0.39 is 11.7 Å². The molecule has 1 aromatic heterocycles. The third-order valence-electron chi connectivity index (χ3n) is 4.46.